The summed E-state index contributed by atoms with van der Waals surface area (Å²) in [6, 6.07) is 8.28. The number of amides is 1. The Balaban J connectivity index is 2.26. The van der Waals surface area contributed by atoms with E-state index in [9.17, 15) is 4.79 Å². The number of benzene rings is 1. The molecular formula is C20H32N2O. The van der Waals surface area contributed by atoms with Crippen molar-refractivity contribution in [2.75, 3.05) is 0 Å². The van der Waals surface area contributed by atoms with Gasteiger partial charge in [-0.15, -0.1) is 0 Å². The van der Waals surface area contributed by atoms with Gasteiger partial charge in [-0.25, -0.2) is 5.43 Å². The zero-order valence-electron chi connectivity index (χ0n) is 15.2. The highest BCUT2D eigenvalue weighted by atomic mass is 16.2. The molecule has 1 N–H and O–H groups in total. The topological polar surface area (TPSA) is 41.5 Å². The van der Waals surface area contributed by atoms with Gasteiger partial charge in [0.05, 0.1) is 6.21 Å². The molecule has 0 aliphatic carbocycles. The lowest BCUT2D eigenvalue weighted by molar-refractivity contribution is -0.121. The van der Waals surface area contributed by atoms with Crippen LogP contribution in [-0.4, -0.2) is 12.1 Å². The van der Waals surface area contributed by atoms with Gasteiger partial charge in [0.1, 0.15) is 0 Å². The summed E-state index contributed by atoms with van der Waals surface area (Å²) in [7, 11) is 0. The molecule has 0 bridgehead atoms. The molecule has 3 nitrogen and oxygen atoms in total. The van der Waals surface area contributed by atoms with Crippen molar-refractivity contribution in [3.63, 3.8) is 0 Å². The zero-order chi connectivity index (χ0) is 17.1. The molecular weight excluding hydrogens is 284 g/mol. The highest BCUT2D eigenvalue weighted by molar-refractivity contribution is 5.82. The first-order chi connectivity index (χ1) is 10.9. The lowest BCUT2D eigenvalue weighted by Gasteiger charge is -2.18. The summed E-state index contributed by atoms with van der Waals surface area (Å²) in [5.41, 5.74) is 5.05. The van der Waals surface area contributed by atoms with Gasteiger partial charge in [-0.2, -0.15) is 5.10 Å². The van der Waals surface area contributed by atoms with Crippen LogP contribution in [-0.2, 0) is 10.2 Å². The molecule has 1 rings (SSSR count). The Bertz CT molecular complexity index is 483. The molecule has 0 atom stereocenters. The first kappa shape index (κ1) is 19.4. The fourth-order valence-electron chi connectivity index (χ4n) is 2.37. The molecule has 0 saturated carbocycles. The average Bonchev–Trinajstić information content (AvgIpc) is 2.50. The fraction of sp³-hybridized carbons (Fsp3) is 0.600. The van der Waals surface area contributed by atoms with Gasteiger partial charge < -0.3 is 0 Å². The summed E-state index contributed by atoms with van der Waals surface area (Å²) in [5.74, 6) is 0.00283. The van der Waals surface area contributed by atoms with E-state index in [0.29, 0.717) is 6.42 Å². The third kappa shape index (κ3) is 8.53. The van der Waals surface area contributed by atoms with Crippen LogP contribution < -0.4 is 5.43 Å². The third-order valence-corrected chi connectivity index (χ3v) is 3.94. The van der Waals surface area contributed by atoms with Crippen LogP contribution in [0.15, 0.2) is 29.4 Å². The number of carbonyl (C=O) groups is 1. The van der Waals surface area contributed by atoms with E-state index < -0.39 is 0 Å². The van der Waals surface area contributed by atoms with Gasteiger partial charge in [0.25, 0.3) is 0 Å². The summed E-state index contributed by atoms with van der Waals surface area (Å²) >= 11 is 0. The molecule has 0 aliphatic heterocycles. The van der Waals surface area contributed by atoms with Gasteiger partial charge >= 0.3 is 0 Å². The first-order valence-corrected chi connectivity index (χ1v) is 8.86. The highest BCUT2D eigenvalue weighted by Gasteiger charge is 2.12. The average molecular weight is 316 g/mol. The normalized spacial score (nSPS) is 11.8. The quantitative estimate of drug-likeness (QED) is 0.380. The van der Waals surface area contributed by atoms with Gasteiger partial charge in [0.2, 0.25) is 5.91 Å². The molecule has 0 heterocycles. The van der Waals surface area contributed by atoms with Crippen LogP contribution in [0.4, 0.5) is 0 Å². The molecule has 0 unspecified atom stereocenters. The Labute approximate surface area is 141 Å². The number of rotatable bonds is 9. The lowest BCUT2D eigenvalue weighted by Crippen LogP contribution is -2.17. The van der Waals surface area contributed by atoms with E-state index in [1.807, 2.05) is 12.1 Å². The zero-order valence-corrected chi connectivity index (χ0v) is 15.2. The van der Waals surface area contributed by atoms with Crippen molar-refractivity contribution in [3.8, 4) is 0 Å². The number of unbranched alkanes of at least 4 members (excludes halogenated alkanes) is 5. The van der Waals surface area contributed by atoms with E-state index in [4.69, 9.17) is 0 Å². The second-order valence-corrected chi connectivity index (χ2v) is 7.18. The molecule has 0 saturated heterocycles. The number of nitrogens with zero attached hydrogens (tertiary/aromatic N) is 1. The number of hydrazone groups is 1. The van der Waals surface area contributed by atoms with Gasteiger partial charge in [-0.3, -0.25) is 4.79 Å². The van der Waals surface area contributed by atoms with Crippen LogP contribution in [0.25, 0.3) is 0 Å². The van der Waals surface area contributed by atoms with Crippen LogP contribution in [0.1, 0.15) is 83.8 Å². The van der Waals surface area contributed by atoms with Crippen molar-refractivity contribution < 1.29 is 4.79 Å². The maximum atomic E-state index is 11.7. The maximum Gasteiger partial charge on any atom is 0.240 e. The minimum absolute atomic E-state index is 0.00283. The van der Waals surface area contributed by atoms with E-state index >= 15 is 0 Å². The molecule has 3 heteroatoms. The minimum atomic E-state index is 0.00283. The van der Waals surface area contributed by atoms with Crippen molar-refractivity contribution in [2.24, 2.45) is 5.10 Å². The SMILES string of the molecule is CCCCCCCCC(=O)NN=Cc1ccc(C(C)(C)C)cc1. The van der Waals surface area contributed by atoms with Gasteiger partial charge in [0.15, 0.2) is 0 Å². The van der Waals surface area contributed by atoms with Crippen molar-refractivity contribution in [2.45, 2.75) is 78.1 Å². The van der Waals surface area contributed by atoms with Crippen LogP contribution in [0.2, 0.25) is 0 Å². The Kier molecular flexibility index (Phi) is 8.60. The van der Waals surface area contributed by atoms with Crippen LogP contribution >= 0.6 is 0 Å². The van der Waals surface area contributed by atoms with Crippen LogP contribution in [0, 0.1) is 0 Å². The second-order valence-electron chi connectivity index (χ2n) is 7.18. The van der Waals surface area contributed by atoms with Crippen molar-refractivity contribution >= 4 is 12.1 Å². The third-order valence-electron chi connectivity index (χ3n) is 3.94. The summed E-state index contributed by atoms with van der Waals surface area (Å²) < 4.78 is 0. The van der Waals surface area contributed by atoms with E-state index in [0.717, 1.165) is 18.4 Å². The Morgan fingerprint density at radius 3 is 2.26 bits per heavy atom. The molecule has 0 aromatic heterocycles. The van der Waals surface area contributed by atoms with Crippen LogP contribution in [0.5, 0.6) is 0 Å². The van der Waals surface area contributed by atoms with Gasteiger partial charge in [0, 0.05) is 6.42 Å². The second kappa shape index (κ2) is 10.2. The Morgan fingerprint density at radius 2 is 1.65 bits per heavy atom. The van der Waals surface area contributed by atoms with E-state index in [2.05, 4.69) is 50.4 Å². The summed E-state index contributed by atoms with van der Waals surface area (Å²) in [6.07, 6.45) is 9.40. The van der Waals surface area contributed by atoms with E-state index in [1.54, 1.807) is 6.21 Å². The van der Waals surface area contributed by atoms with Crippen molar-refractivity contribution in [3.05, 3.63) is 35.4 Å². The molecule has 0 radical (unpaired) electrons. The molecule has 0 aliphatic rings. The number of nitrogens with one attached hydrogen (secondary N) is 1. The molecule has 1 aromatic rings. The smallest absolute Gasteiger partial charge is 0.240 e. The molecule has 1 aromatic carbocycles. The Morgan fingerprint density at radius 1 is 1.04 bits per heavy atom. The maximum absolute atomic E-state index is 11.7. The Hall–Kier alpha value is -1.64. The van der Waals surface area contributed by atoms with E-state index in [1.165, 1.54) is 31.2 Å². The summed E-state index contributed by atoms with van der Waals surface area (Å²) in [6.45, 7) is 8.79. The lowest BCUT2D eigenvalue weighted by atomic mass is 9.87. The monoisotopic (exact) mass is 316 g/mol. The number of hydrogen-bond acceptors (Lipinski definition) is 2. The van der Waals surface area contributed by atoms with Gasteiger partial charge in [-0.1, -0.05) is 84.1 Å². The largest absolute Gasteiger partial charge is 0.273 e. The van der Waals surface area contributed by atoms with Crippen molar-refractivity contribution in [1.29, 1.82) is 0 Å². The predicted octanol–water partition coefficient (Wildman–Crippen LogP) is 5.18. The van der Waals surface area contributed by atoms with E-state index in [-0.39, 0.29) is 11.3 Å². The molecule has 128 valence electrons. The molecule has 0 spiro atoms. The number of hydrogen-bond donors (Lipinski definition) is 1. The first-order valence-electron chi connectivity index (χ1n) is 8.86. The standard InChI is InChI=1S/C20H32N2O/c1-5-6-7-8-9-10-11-19(23)22-21-16-17-12-14-18(15-13-17)20(2,3)4/h12-16H,5-11H2,1-4H3,(H,22,23). The van der Waals surface area contributed by atoms with Gasteiger partial charge in [-0.05, 0) is 23.0 Å². The summed E-state index contributed by atoms with van der Waals surface area (Å²) in [4.78, 5) is 11.7. The minimum Gasteiger partial charge on any atom is -0.273 e. The molecule has 1 amide bonds. The highest BCUT2D eigenvalue weighted by Crippen LogP contribution is 2.21. The number of carbonyl (C=O) groups excluding carboxylic acids is 1. The summed E-state index contributed by atoms with van der Waals surface area (Å²) in [5, 5.41) is 4.04. The molecule has 0 fully saturated rings. The van der Waals surface area contributed by atoms with Crippen molar-refractivity contribution in [1.82, 2.24) is 5.43 Å². The fourth-order valence-corrected chi connectivity index (χ4v) is 2.37. The predicted molar refractivity (Wildman–Crippen MR) is 98.9 cm³/mol. The molecule has 23 heavy (non-hydrogen) atoms. The van der Waals surface area contributed by atoms with Crippen LogP contribution in [0.3, 0.4) is 0 Å².